The summed E-state index contributed by atoms with van der Waals surface area (Å²) < 4.78 is 1.09. The van der Waals surface area contributed by atoms with Crippen molar-refractivity contribution in [2.45, 2.75) is 18.9 Å². The van der Waals surface area contributed by atoms with Crippen LogP contribution in [0.3, 0.4) is 0 Å². The molecule has 76 valence electrons. The summed E-state index contributed by atoms with van der Waals surface area (Å²) in [4.78, 5) is 6.79. The van der Waals surface area contributed by atoms with Gasteiger partial charge in [0, 0.05) is 24.1 Å². The zero-order valence-electron chi connectivity index (χ0n) is 7.79. The maximum absolute atomic E-state index is 4.42. The molecule has 1 aliphatic rings. The van der Waals surface area contributed by atoms with E-state index in [4.69, 9.17) is 0 Å². The molecule has 1 saturated carbocycles. The van der Waals surface area contributed by atoms with E-state index in [1.807, 2.05) is 18.3 Å². The van der Waals surface area contributed by atoms with Crippen molar-refractivity contribution in [1.29, 1.82) is 0 Å². The third kappa shape index (κ3) is 2.28. The SMILES string of the molecule is BrCCN(c1ncccc1Br)C1CC1. The van der Waals surface area contributed by atoms with E-state index in [0.717, 1.165) is 22.2 Å². The minimum absolute atomic E-state index is 0.707. The van der Waals surface area contributed by atoms with Crippen LogP contribution < -0.4 is 4.90 Å². The third-order valence-corrected chi connectivity index (χ3v) is 3.30. The van der Waals surface area contributed by atoms with Crippen molar-refractivity contribution < 1.29 is 0 Å². The fourth-order valence-electron chi connectivity index (χ4n) is 1.53. The second kappa shape index (κ2) is 4.62. The average Bonchev–Trinajstić information content (AvgIpc) is 2.99. The molecule has 1 aliphatic carbocycles. The van der Waals surface area contributed by atoms with Gasteiger partial charge in [0.1, 0.15) is 5.82 Å². The molecule has 0 atom stereocenters. The number of rotatable bonds is 4. The quantitative estimate of drug-likeness (QED) is 0.792. The smallest absolute Gasteiger partial charge is 0.143 e. The van der Waals surface area contributed by atoms with Crippen molar-refractivity contribution in [2.24, 2.45) is 0 Å². The summed E-state index contributed by atoms with van der Waals surface area (Å²) >= 11 is 7.03. The molecule has 2 rings (SSSR count). The van der Waals surface area contributed by atoms with Crippen LogP contribution in [-0.2, 0) is 0 Å². The van der Waals surface area contributed by atoms with E-state index < -0.39 is 0 Å². The molecule has 0 aromatic carbocycles. The largest absolute Gasteiger partial charge is 0.352 e. The Morgan fingerprint density at radius 2 is 2.29 bits per heavy atom. The van der Waals surface area contributed by atoms with Gasteiger partial charge in [0.05, 0.1) is 4.47 Å². The highest BCUT2D eigenvalue weighted by atomic mass is 79.9. The van der Waals surface area contributed by atoms with Gasteiger partial charge >= 0.3 is 0 Å². The molecule has 14 heavy (non-hydrogen) atoms. The number of anilines is 1. The van der Waals surface area contributed by atoms with Crippen LogP contribution in [0.25, 0.3) is 0 Å². The van der Waals surface area contributed by atoms with Gasteiger partial charge in [0.25, 0.3) is 0 Å². The first-order chi connectivity index (χ1) is 6.83. The number of nitrogens with zero attached hydrogens (tertiary/aromatic N) is 2. The van der Waals surface area contributed by atoms with E-state index in [1.165, 1.54) is 12.8 Å². The first kappa shape index (κ1) is 10.4. The Morgan fingerprint density at radius 1 is 1.50 bits per heavy atom. The molecule has 1 aromatic rings. The molecule has 0 aliphatic heterocycles. The number of hydrogen-bond acceptors (Lipinski definition) is 2. The molecule has 0 unspecified atom stereocenters. The van der Waals surface area contributed by atoms with Gasteiger partial charge in [-0.1, -0.05) is 15.9 Å². The van der Waals surface area contributed by atoms with Crippen LogP contribution in [0.1, 0.15) is 12.8 Å². The van der Waals surface area contributed by atoms with Crippen LogP contribution in [-0.4, -0.2) is 22.9 Å². The highest BCUT2D eigenvalue weighted by Gasteiger charge is 2.30. The lowest BCUT2D eigenvalue weighted by Gasteiger charge is -2.23. The van der Waals surface area contributed by atoms with Crippen molar-refractivity contribution in [3.8, 4) is 0 Å². The van der Waals surface area contributed by atoms with Gasteiger partial charge in [-0.2, -0.15) is 0 Å². The summed E-state index contributed by atoms with van der Waals surface area (Å²) in [5.74, 6) is 1.08. The molecule has 0 N–H and O–H groups in total. The van der Waals surface area contributed by atoms with Crippen LogP contribution >= 0.6 is 31.9 Å². The zero-order chi connectivity index (χ0) is 9.97. The van der Waals surface area contributed by atoms with Crippen LogP contribution in [0.5, 0.6) is 0 Å². The summed E-state index contributed by atoms with van der Waals surface area (Å²) in [7, 11) is 0. The molecule has 2 nitrogen and oxygen atoms in total. The Kier molecular flexibility index (Phi) is 3.44. The monoisotopic (exact) mass is 318 g/mol. The number of hydrogen-bond donors (Lipinski definition) is 0. The minimum atomic E-state index is 0.707. The number of alkyl halides is 1. The molecule has 0 radical (unpaired) electrons. The molecule has 1 fully saturated rings. The number of pyridine rings is 1. The van der Waals surface area contributed by atoms with Gasteiger partial charge in [-0.3, -0.25) is 0 Å². The topological polar surface area (TPSA) is 16.1 Å². The van der Waals surface area contributed by atoms with Crippen molar-refractivity contribution in [1.82, 2.24) is 4.98 Å². The van der Waals surface area contributed by atoms with Crippen molar-refractivity contribution in [3.05, 3.63) is 22.8 Å². The fraction of sp³-hybridized carbons (Fsp3) is 0.500. The van der Waals surface area contributed by atoms with E-state index in [-0.39, 0.29) is 0 Å². The first-order valence-electron chi connectivity index (χ1n) is 4.76. The van der Waals surface area contributed by atoms with E-state index in [1.54, 1.807) is 0 Å². The highest BCUT2D eigenvalue weighted by molar-refractivity contribution is 9.10. The minimum Gasteiger partial charge on any atom is -0.352 e. The molecule has 4 heteroatoms. The van der Waals surface area contributed by atoms with E-state index >= 15 is 0 Å². The van der Waals surface area contributed by atoms with E-state index in [0.29, 0.717) is 6.04 Å². The fourth-order valence-corrected chi connectivity index (χ4v) is 2.39. The lowest BCUT2D eigenvalue weighted by Crippen LogP contribution is -2.28. The van der Waals surface area contributed by atoms with Crippen molar-refractivity contribution in [3.63, 3.8) is 0 Å². The summed E-state index contributed by atoms with van der Waals surface area (Å²) in [5, 5.41) is 0.993. The molecule has 0 saturated heterocycles. The van der Waals surface area contributed by atoms with Gasteiger partial charge in [0.15, 0.2) is 0 Å². The zero-order valence-corrected chi connectivity index (χ0v) is 11.0. The predicted octanol–water partition coefficient (Wildman–Crippen LogP) is 3.21. The Bertz CT molecular complexity index is 313. The van der Waals surface area contributed by atoms with E-state index in [9.17, 15) is 0 Å². The van der Waals surface area contributed by atoms with Gasteiger partial charge in [-0.25, -0.2) is 4.98 Å². The lowest BCUT2D eigenvalue weighted by atomic mass is 10.4. The number of halogens is 2. The Morgan fingerprint density at radius 3 is 2.86 bits per heavy atom. The molecule has 1 heterocycles. The number of aromatic nitrogens is 1. The third-order valence-electron chi connectivity index (χ3n) is 2.32. The molecular weight excluding hydrogens is 308 g/mol. The Labute approximate surface area is 101 Å². The van der Waals surface area contributed by atoms with Gasteiger partial charge < -0.3 is 4.90 Å². The van der Waals surface area contributed by atoms with Crippen LogP contribution in [0.15, 0.2) is 22.8 Å². The van der Waals surface area contributed by atoms with Gasteiger partial charge in [-0.15, -0.1) is 0 Å². The average molecular weight is 320 g/mol. The molecule has 0 amide bonds. The second-order valence-corrected chi connectivity index (χ2v) is 5.07. The summed E-state index contributed by atoms with van der Waals surface area (Å²) in [6.45, 7) is 1.03. The first-order valence-corrected chi connectivity index (χ1v) is 6.67. The van der Waals surface area contributed by atoms with Crippen LogP contribution in [0.2, 0.25) is 0 Å². The maximum atomic E-state index is 4.42. The van der Waals surface area contributed by atoms with E-state index in [2.05, 4.69) is 41.7 Å². The molecule has 0 bridgehead atoms. The van der Waals surface area contributed by atoms with Crippen molar-refractivity contribution in [2.75, 3.05) is 16.8 Å². The molecular formula is C10H12Br2N2. The summed E-state index contributed by atoms with van der Waals surface area (Å²) in [6.07, 6.45) is 4.45. The predicted molar refractivity (Wildman–Crippen MR) is 66.1 cm³/mol. The standard InChI is InChI=1S/C10H12Br2N2/c11-5-7-14(8-3-4-8)10-9(12)2-1-6-13-10/h1-2,6,8H,3-5,7H2. The second-order valence-electron chi connectivity index (χ2n) is 3.42. The highest BCUT2D eigenvalue weighted by Crippen LogP contribution is 2.33. The van der Waals surface area contributed by atoms with Gasteiger partial charge in [0.2, 0.25) is 0 Å². The normalized spacial score (nSPS) is 15.6. The lowest BCUT2D eigenvalue weighted by molar-refractivity contribution is 0.813. The summed E-state index contributed by atoms with van der Waals surface area (Å²) in [6, 6.07) is 4.71. The maximum Gasteiger partial charge on any atom is 0.143 e. The van der Waals surface area contributed by atoms with Gasteiger partial charge in [-0.05, 0) is 40.9 Å². The van der Waals surface area contributed by atoms with Crippen LogP contribution in [0.4, 0.5) is 5.82 Å². The van der Waals surface area contributed by atoms with Crippen molar-refractivity contribution >= 4 is 37.7 Å². The Balaban J connectivity index is 2.21. The van der Waals surface area contributed by atoms with Crippen LogP contribution in [0, 0.1) is 0 Å². The molecule has 1 aromatic heterocycles. The summed E-state index contributed by atoms with van der Waals surface area (Å²) in [5.41, 5.74) is 0. The Hall–Kier alpha value is -0.0900. The molecule has 0 spiro atoms.